The Morgan fingerprint density at radius 3 is 3.00 bits per heavy atom. The summed E-state index contributed by atoms with van der Waals surface area (Å²) in [5.74, 6) is 1.83. The highest BCUT2D eigenvalue weighted by Crippen LogP contribution is 2.36. The second-order valence-electron chi connectivity index (χ2n) is 6.05. The first-order valence-electron chi connectivity index (χ1n) is 7.82. The van der Waals surface area contributed by atoms with Crippen molar-refractivity contribution in [1.29, 1.82) is 0 Å². The fourth-order valence-electron chi connectivity index (χ4n) is 3.79. The van der Waals surface area contributed by atoms with Gasteiger partial charge in [0.05, 0.1) is 12.3 Å². The molecule has 3 rings (SSSR count). The molecule has 3 unspecified atom stereocenters. The van der Waals surface area contributed by atoms with Crippen LogP contribution in [0.5, 0.6) is 0 Å². The molecule has 3 fully saturated rings. The minimum Gasteiger partial charge on any atom is -0.339 e. The van der Waals surface area contributed by atoms with Crippen LogP contribution in [-0.2, 0) is 4.79 Å². The predicted octanol–water partition coefficient (Wildman–Crippen LogP) is 0.351. The van der Waals surface area contributed by atoms with Crippen LogP contribution in [0.3, 0.4) is 0 Å². The van der Waals surface area contributed by atoms with Crippen molar-refractivity contribution in [1.82, 2.24) is 10.2 Å². The SMILES string of the molecule is O=C(CSC1NCCC[NH2+]1)N1CCC2CCCCC21. The Morgan fingerprint density at radius 1 is 1.26 bits per heavy atom. The van der Waals surface area contributed by atoms with Crippen LogP contribution in [-0.4, -0.2) is 47.7 Å². The van der Waals surface area contributed by atoms with E-state index in [1.54, 1.807) is 11.8 Å². The molecule has 2 heterocycles. The van der Waals surface area contributed by atoms with Gasteiger partial charge in [0.2, 0.25) is 5.91 Å². The molecule has 3 atom stereocenters. The zero-order valence-electron chi connectivity index (χ0n) is 11.6. The lowest BCUT2D eigenvalue weighted by atomic mass is 9.85. The standard InChI is InChI=1S/C14H25N3OS/c18-13(10-19-14-15-7-3-8-16-14)17-9-6-11-4-1-2-5-12(11)17/h11-12,14-16H,1-10H2/p+1. The van der Waals surface area contributed by atoms with Crippen molar-refractivity contribution in [3.63, 3.8) is 0 Å². The van der Waals surface area contributed by atoms with Crippen LogP contribution in [0.15, 0.2) is 0 Å². The number of nitrogens with zero attached hydrogens (tertiary/aromatic N) is 1. The molecule has 0 radical (unpaired) electrons. The number of quaternary nitrogens is 1. The van der Waals surface area contributed by atoms with Crippen LogP contribution < -0.4 is 10.6 Å². The minimum atomic E-state index is 0.375. The summed E-state index contributed by atoms with van der Waals surface area (Å²) in [6.45, 7) is 3.29. The third-order valence-corrected chi connectivity index (χ3v) is 5.96. The van der Waals surface area contributed by atoms with E-state index in [4.69, 9.17) is 0 Å². The zero-order valence-corrected chi connectivity index (χ0v) is 12.5. The molecular weight excluding hydrogens is 258 g/mol. The Kier molecular flexibility index (Phi) is 4.66. The van der Waals surface area contributed by atoms with E-state index in [2.05, 4.69) is 15.5 Å². The van der Waals surface area contributed by atoms with E-state index in [9.17, 15) is 4.79 Å². The maximum atomic E-state index is 12.4. The molecule has 1 amide bonds. The van der Waals surface area contributed by atoms with Crippen molar-refractivity contribution >= 4 is 17.7 Å². The first-order valence-corrected chi connectivity index (χ1v) is 8.87. The summed E-state index contributed by atoms with van der Waals surface area (Å²) in [4.78, 5) is 14.6. The van der Waals surface area contributed by atoms with Gasteiger partial charge in [-0.2, -0.15) is 0 Å². The van der Waals surface area contributed by atoms with Gasteiger partial charge in [0.1, 0.15) is 0 Å². The molecule has 3 N–H and O–H groups in total. The lowest BCUT2D eigenvalue weighted by Gasteiger charge is -2.32. The molecule has 2 saturated heterocycles. The Balaban J connectivity index is 1.47. The number of hydrogen-bond acceptors (Lipinski definition) is 3. The zero-order chi connectivity index (χ0) is 13.1. The Bertz CT molecular complexity index is 320. The summed E-state index contributed by atoms with van der Waals surface area (Å²) in [7, 11) is 0. The average Bonchev–Trinajstić information content (AvgIpc) is 2.90. The topological polar surface area (TPSA) is 49.0 Å². The van der Waals surface area contributed by atoms with Crippen LogP contribution in [0.2, 0.25) is 0 Å². The smallest absolute Gasteiger partial charge is 0.233 e. The maximum Gasteiger partial charge on any atom is 0.233 e. The summed E-state index contributed by atoms with van der Waals surface area (Å²) in [6.07, 6.45) is 7.76. The average molecular weight is 284 g/mol. The van der Waals surface area contributed by atoms with Gasteiger partial charge in [-0.25, -0.2) is 0 Å². The summed E-state index contributed by atoms with van der Waals surface area (Å²) in [5.41, 5.74) is 0.391. The number of rotatable bonds is 3. The minimum absolute atomic E-state index is 0.375. The van der Waals surface area contributed by atoms with Crippen LogP contribution in [0, 0.1) is 5.92 Å². The molecule has 0 aromatic carbocycles. The van der Waals surface area contributed by atoms with E-state index in [-0.39, 0.29) is 0 Å². The molecule has 0 aromatic heterocycles. The van der Waals surface area contributed by atoms with E-state index >= 15 is 0 Å². The van der Waals surface area contributed by atoms with E-state index < -0.39 is 0 Å². The van der Waals surface area contributed by atoms with Gasteiger partial charge in [0, 0.05) is 25.6 Å². The van der Waals surface area contributed by atoms with Gasteiger partial charge in [0.25, 0.3) is 0 Å². The highest BCUT2D eigenvalue weighted by molar-refractivity contribution is 8.00. The number of nitrogens with one attached hydrogen (secondary N) is 1. The molecule has 19 heavy (non-hydrogen) atoms. The highest BCUT2D eigenvalue weighted by Gasteiger charge is 2.38. The van der Waals surface area contributed by atoms with Crippen molar-refractivity contribution in [2.24, 2.45) is 5.92 Å². The van der Waals surface area contributed by atoms with Gasteiger partial charge in [-0.3, -0.25) is 10.1 Å². The monoisotopic (exact) mass is 284 g/mol. The highest BCUT2D eigenvalue weighted by atomic mass is 32.2. The molecule has 1 saturated carbocycles. The number of carbonyl (C=O) groups excluding carboxylic acids is 1. The first kappa shape index (κ1) is 13.7. The number of hydrogen-bond donors (Lipinski definition) is 2. The third-order valence-electron chi connectivity index (χ3n) is 4.82. The number of thioether (sulfide) groups is 1. The second-order valence-corrected chi connectivity index (χ2v) is 7.18. The Labute approximate surface area is 120 Å². The van der Waals surface area contributed by atoms with E-state index in [1.807, 2.05) is 0 Å². The van der Waals surface area contributed by atoms with Crippen LogP contribution in [0.4, 0.5) is 0 Å². The molecule has 0 bridgehead atoms. The largest absolute Gasteiger partial charge is 0.339 e. The quantitative estimate of drug-likeness (QED) is 0.786. The number of amides is 1. The van der Waals surface area contributed by atoms with Crippen LogP contribution in [0.1, 0.15) is 38.5 Å². The molecule has 0 spiro atoms. The van der Waals surface area contributed by atoms with Gasteiger partial charge < -0.3 is 10.2 Å². The number of likely N-dealkylation sites (tertiary alicyclic amines) is 1. The van der Waals surface area contributed by atoms with Gasteiger partial charge in [-0.05, 0) is 25.2 Å². The lowest BCUT2D eigenvalue weighted by molar-refractivity contribution is -0.679. The molecule has 2 aliphatic heterocycles. The molecule has 108 valence electrons. The predicted molar refractivity (Wildman–Crippen MR) is 77.7 cm³/mol. The molecule has 1 aliphatic carbocycles. The van der Waals surface area contributed by atoms with Crippen molar-refractivity contribution < 1.29 is 10.1 Å². The normalized spacial score (nSPS) is 35.2. The summed E-state index contributed by atoms with van der Waals surface area (Å²) in [5, 5.41) is 5.77. The molecule has 0 aromatic rings. The molecule has 4 nitrogen and oxygen atoms in total. The number of carbonyl (C=O) groups is 1. The fourth-order valence-corrected chi connectivity index (χ4v) is 4.78. The van der Waals surface area contributed by atoms with Gasteiger partial charge >= 0.3 is 0 Å². The lowest BCUT2D eigenvalue weighted by Crippen LogP contribution is -2.94. The van der Waals surface area contributed by atoms with Crippen molar-refractivity contribution in [2.45, 2.75) is 50.1 Å². The van der Waals surface area contributed by atoms with Crippen molar-refractivity contribution in [3.8, 4) is 0 Å². The van der Waals surface area contributed by atoms with E-state index in [0.717, 1.165) is 19.0 Å². The van der Waals surface area contributed by atoms with Gasteiger partial charge in [0.15, 0.2) is 5.50 Å². The van der Waals surface area contributed by atoms with Crippen molar-refractivity contribution in [2.75, 3.05) is 25.4 Å². The van der Waals surface area contributed by atoms with Crippen molar-refractivity contribution in [3.05, 3.63) is 0 Å². The van der Waals surface area contributed by atoms with Gasteiger partial charge in [-0.1, -0.05) is 24.6 Å². The van der Waals surface area contributed by atoms with E-state index in [1.165, 1.54) is 45.1 Å². The Hall–Kier alpha value is -0.260. The molecule has 5 heteroatoms. The maximum absolute atomic E-state index is 12.4. The third kappa shape index (κ3) is 3.26. The van der Waals surface area contributed by atoms with Gasteiger partial charge in [-0.15, -0.1) is 0 Å². The second kappa shape index (κ2) is 6.46. The van der Waals surface area contributed by atoms with Crippen LogP contribution >= 0.6 is 11.8 Å². The fraction of sp³-hybridized carbons (Fsp3) is 0.929. The van der Waals surface area contributed by atoms with Crippen LogP contribution in [0.25, 0.3) is 0 Å². The summed E-state index contributed by atoms with van der Waals surface area (Å²) < 4.78 is 0. The summed E-state index contributed by atoms with van der Waals surface area (Å²) >= 11 is 1.77. The molecule has 3 aliphatic rings. The Morgan fingerprint density at radius 2 is 2.16 bits per heavy atom. The number of nitrogens with two attached hydrogens (primary N) is 1. The molecular formula is C14H26N3OS+. The van der Waals surface area contributed by atoms with E-state index in [0.29, 0.717) is 23.2 Å². The first-order chi connectivity index (χ1) is 9.34. The summed E-state index contributed by atoms with van der Waals surface area (Å²) in [6, 6.07) is 0.574. The number of fused-ring (bicyclic) bond motifs is 1.